The summed E-state index contributed by atoms with van der Waals surface area (Å²) in [5.41, 5.74) is 1.83. The van der Waals surface area contributed by atoms with Crippen LogP contribution in [0.25, 0.3) is 0 Å². The molecule has 0 bridgehead atoms. The van der Waals surface area contributed by atoms with E-state index in [0.717, 1.165) is 22.3 Å². The molecule has 6 nitrogen and oxygen atoms in total. The van der Waals surface area contributed by atoms with Gasteiger partial charge in [0.15, 0.2) is 5.16 Å². The molecule has 0 saturated heterocycles. The van der Waals surface area contributed by atoms with Gasteiger partial charge in [-0.1, -0.05) is 51.6 Å². The van der Waals surface area contributed by atoms with E-state index in [0.29, 0.717) is 30.6 Å². The largest absolute Gasteiger partial charge is 0.383 e. The smallest absolute Gasteiger partial charge is 0.251 e. The predicted octanol–water partition coefficient (Wildman–Crippen LogP) is 4.29. The van der Waals surface area contributed by atoms with Crippen molar-refractivity contribution >= 4 is 17.7 Å². The number of carbonyl (C=O) groups excluding carboxylic acids is 1. The molecule has 1 heterocycles. The minimum Gasteiger partial charge on any atom is -0.383 e. The number of aromatic nitrogens is 3. The summed E-state index contributed by atoms with van der Waals surface area (Å²) in [7, 11) is 1.71. The van der Waals surface area contributed by atoms with Crippen LogP contribution in [-0.2, 0) is 10.5 Å². The molecule has 28 heavy (non-hydrogen) atoms. The fraction of sp³-hybridized carbons (Fsp3) is 0.571. The molecule has 0 aliphatic rings. The van der Waals surface area contributed by atoms with E-state index < -0.39 is 0 Å². The maximum atomic E-state index is 12.1. The Morgan fingerprint density at radius 3 is 2.39 bits per heavy atom. The lowest BCUT2D eigenvalue weighted by Gasteiger charge is -2.18. The molecule has 0 fully saturated rings. The van der Waals surface area contributed by atoms with Gasteiger partial charge in [0, 0.05) is 30.9 Å². The number of rotatable bonds is 10. The van der Waals surface area contributed by atoms with Crippen molar-refractivity contribution in [3.63, 3.8) is 0 Å². The van der Waals surface area contributed by atoms with E-state index in [4.69, 9.17) is 4.74 Å². The number of methoxy groups -OCH3 is 1. The number of ether oxygens (including phenoxy) is 1. The molecule has 0 spiro atoms. The van der Waals surface area contributed by atoms with Crippen LogP contribution >= 0.6 is 11.8 Å². The maximum absolute atomic E-state index is 12.1. The summed E-state index contributed by atoms with van der Waals surface area (Å²) in [6, 6.07) is 7.93. The van der Waals surface area contributed by atoms with Gasteiger partial charge in [-0.3, -0.25) is 4.79 Å². The van der Waals surface area contributed by atoms with E-state index >= 15 is 0 Å². The Balaban J connectivity index is 2.05. The number of carbonyl (C=O) groups is 1. The van der Waals surface area contributed by atoms with E-state index in [1.165, 1.54) is 0 Å². The summed E-state index contributed by atoms with van der Waals surface area (Å²) in [5, 5.41) is 12.6. The molecule has 0 saturated carbocycles. The monoisotopic (exact) mass is 404 g/mol. The highest BCUT2D eigenvalue weighted by Gasteiger charge is 2.20. The van der Waals surface area contributed by atoms with Gasteiger partial charge in [0.1, 0.15) is 5.82 Å². The predicted molar refractivity (Wildman–Crippen MR) is 114 cm³/mol. The topological polar surface area (TPSA) is 69.0 Å². The molecule has 0 aliphatic heterocycles. The number of hydrogen-bond acceptors (Lipinski definition) is 5. The summed E-state index contributed by atoms with van der Waals surface area (Å²) in [5.74, 6) is 2.45. The van der Waals surface area contributed by atoms with Crippen molar-refractivity contribution < 1.29 is 9.53 Å². The third kappa shape index (κ3) is 6.07. The Kier molecular flexibility index (Phi) is 8.51. The van der Waals surface area contributed by atoms with Crippen LogP contribution in [0.5, 0.6) is 0 Å². The molecule has 1 N–H and O–H groups in total. The lowest BCUT2D eigenvalue weighted by molar-refractivity contribution is 0.0949. The lowest BCUT2D eigenvalue weighted by Crippen LogP contribution is -2.27. The summed E-state index contributed by atoms with van der Waals surface area (Å²) >= 11 is 1.65. The van der Waals surface area contributed by atoms with Crippen molar-refractivity contribution in [1.29, 1.82) is 0 Å². The molecule has 0 unspecified atom stereocenters. The molecule has 7 heteroatoms. The van der Waals surface area contributed by atoms with E-state index in [1.54, 1.807) is 18.9 Å². The van der Waals surface area contributed by atoms with Crippen LogP contribution in [0.3, 0.4) is 0 Å². The molecule has 154 valence electrons. The van der Waals surface area contributed by atoms with Crippen molar-refractivity contribution in [3.8, 4) is 0 Å². The van der Waals surface area contributed by atoms with Crippen molar-refractivity contribution in [3.05, 3.63) is 41.2 Å². The maximum Gasteiger partial charge on any atom is 0.251 e. The third-order valence-corrected chi connectivity index (χ3v) is 5.33. The second-order valence-electron chi connectivity index (χ2n) is 7.76. The highest BCUT2D eigenvalue weighted by molar-refractivity contribution is 7.98. The van der Waals surface area contributed by atoms with Crippen LogP contribution in [0.15, 0.2) is 29.4 Å². The molecule has 1 atom stereocenters. The van der Waals surface area contributed by atoms with Crippen LogP contribution in [0.4, 0.5) is 0 Å². The van der Waals surface area contributed by atoms with Gasteiger partial charge in [-0.15, -0.1) is 10.2 Å². The van der Waals surface area contributed by atoms with Gasteiger partial charge in [0.05, 0.1) is 12.6 Å². The summed E-state index contributed by atoms with van der Waals surface area (Å²) in [4.78, 5) is 12.1. The molecule has 1 aromatic carbocycles. The molecule has 2 rings (SSSR count). The quantitative estimate of drug-likeness (QED) is 0.598. The average Bonchev–Trinajstić information content (AvgIpc) is 3.09. The van der Waals surface area contributed by atoms with Crippen LogP contribution in [0, 0.1) is 5.92 Å². The van der Waals surface area contributed by atoms with E-state index in [9.17, 15) is 4.79 Å². The van der Waals surface area contributed by atoms with Crippen molar-refractivity contribution in [2.24, 2.45) is 5.92 Å². The normalized spacial score (nSPS) is 12.6. The Morgan fingerprint density at radius 2 is 1.82 bits per heavy atom. The first-order chi connectivity index (χ1) is 13.3. The number of hydrogen-bond donors (Lipinski definition) is 1. The zero-order valence-electron chi connectivity index (χ0n) is 17.7. The molecule has 1 amide bonds. The van der Waals surface area contributed by atoms with Crippen LogP contribution in [-0.4, -0.2) is 40.9 Å². The fourth-order valence-electron chi connectivity index (χ4n) is 2.81. The SMILES string of the molecule is COC[C@@H](C)n1c(SCc2ccc(C(=O)NCC(C)C)cc2)nnc1C(C)C. The van der Waals surface area contributed by atoms with Crippen LogP contribution in [0.2, 0.25) is 0 Å². The number of nitrogens with zero attached hydrogens (tertiary/aromatic N) is 3. The summed E-state index contributed by atoms with van der Waals surface area (Å²) in [6.45, 7) is 11.8. The molecular formula is C21H32N4O2S. The van der Waals surface area contributed by atoms with Crippen molar-refractivity contribution in [1.82, 2.24) is 20.1 Å². The zero-order chi connectivity index (χ0) is 20.7. The standard InChI is InChI=1S/C21H32N4O2S/c1-14(2)11-22-20(26)18-9-7-17(8-10-18)13-28-21-24-23-19(15(3)4)25(21)16(5)12-27-6/h7-10,14-16H,11-13H2,1-6H3,(H,22,26)/t16-/m1/s1. The number of amides is 1. The Hall–Kier alpha value is -1.86. The van der Waals surface area contributed by atoms with Gasteiger partial charge in [-0.05, 0) is 30.5 Å². The Bertz CT molecular complexity index is 756. The Morgan fingerprint density at radius 1 is 1.14 bits per heavy atom. The zero-order valence-corrected chi connectivity index (χ0v) is 18.5. The van der Waals surface area contributed by atoms with Crippen molar-refractivity contribution in [2.45, 2.75) is 57.5 Å². The minimum absolute atomic E-state index is 0.0254. The fourth-order valence-corrected chi connectivity index (χ4v) is 3.81. The first-order valence-corrected chi connectivity index (χ1v) is 10.8. The highest BCUT2D eigenvalue weighted by Crippen LogP contribution is 2.28. The average molecular weight is 405 g/mol. The lowest BCUT2D eigenvalue weighted by atomic mass is 10.1. The van der Waals surface area contributed by atoms with Crippen LogP contribution in [0.1, 0.15) is 68.3 Å². The van der Waals surface area contributed by atoms with E-state index in [2.05, 4.69) is 54.7 Å². The minimum atomic E-state index is -0.0254. The number of nitrogens with one attached hydrogen (secondary N) is 1. The van der Waals surface area contributed by atoms with Gasteiger partial charge in [0.25, 0.3) is 5.91 Å². The first kappa shape index (κ1) is 22.4. The third-order valence-electron chi connectivity index (χ3n) is 4.31. The molecule has 2 aromatic rings. The molecule has 1 aromatic heterocycles. The Labute approximate surface area is 172 Å². The van der Waals surface area contributed by atoms with Crippen LogP contribution < -0.4 is 5.32 Å². The van der Waals surface area contributed by atoms with E-state index in [-0.39, 0.29) is 11.9 Å². The summed E-state index contributed by atoms with van der Waals surface area (Å²) in [6.07, 6.45) is 0. The second-order valence-corrected chi connectivity index (χ2v) is 8.70. The number of thioether (sulfide) groups is 1. The number of benzene rings is 1. The molecule has 0 aliphatic carbocycles. The van der Waals surface area contributed by atoms with Gasteiger partial charge in [-0.25, -0.2) is 0 Å². The van der Waals surface area contributed by atoms with Gasteiger partial charge < -0.3 is 14.6 Å². The summed E-state index contributed by atoms with van der Waals surface area (Å²) < 4.78 is 7.50. The second kappa shape index (κ2) is 10.6. The van der Waals surface area contributed by atoms with E-state index in [1.807, 2.05) is 24.3 Å². The first-order valence-electron chi connectivity index (χ1n) is 9.77. The highest BCUT2D eigenvalue weighted by atomic mass is 32.2. The van der Waals surface area contributed by atoms with Gasteiger partial charge >= 0.3 is 0 Å². The van der Waals surface area contributed by atoms with Gasteiger partial charge in [0.2, 0.25) is 0 Å². The van der Waals surface area contributed by atoms with Gasteiger partial charge in [-0.2, -0.15) is 0 Å². The molecule has 0 radical (unpaired) electrons. The van der Waals surface area contributed by atoms with Crippen molar-refractivity contribution in [2.75, 3.05) is 20.3 Å². The molecular weight excluding hydrogens is 372 g/mol.